The summed E-state index contributed by atoms with van der Waals surface area (Å²) in [5, 5.41) is 13.8. The van der Waals surface area contributed by atoms with Crippen LogP contribution in [0.5, 0.6) is 0 Å². The number of nitrogens with zero attached hydrogens (tertiary/aromatic N) is 6. The summed E-state index contributed by atoms with van der Waals surface area (Å²) in [6.45, 7) is 9.06. The van der Waals surface area contributed by atoms with Crippen molar-refractivity contribution in [3.05, 3.63) is 46.9 Å². The standard InChI is InChI=1S/C24H31ClFN9O2S/c1-3-33-8-10-34(11-9-33)23-14-21(28-22-12-16(2)31-32-22)29-24(30-23)27-18-6-7-35(15-18)38(36,37)20-5-4-17(25)13-19(20)26/h4-5,12-14,18H,3,6-11,15H2,1-2H3,(H3,27,28,29,30,31,32)/t18-/m0/s1. The molecule has 0 unspecified atom stereocenters. The van der Waals surface area contributed by atoms with Crippen LogP contribution in [0.1, 0.15) is 19.0 Å². The number of benzene rings is 1. The van der Waals surface area contributed by atoms with Crippen molar-refractivity contribution in [1.29, 1.82) is 0 Å². The second kappa shape index (κ2) is 11.0. The molecule has 0 radical (unpaired) electrons. The number of aromatic nitrogens is 4. The third-order valence-corrected chi connectivity index (χ3v) is 8.95. The molecule has 38 heavy (non-hydrogen) atoms. The monoisotopic (exact) mass is 563 g/mol. The molecule has 0 saturated carbocycles. The maximum absolute atomic E-state index is 14.4. The molecule has 4 heterocycles. The van der Waals surface area contributed by atoms with Gasteiger partial charge in [-0.3, -0.25) is 5.10 Å². The van der Waals surface area contributed by atoms with E-state index in [-0.39, 0.29) is 29.0 Å². The van der Waals surface area contributed by atoms with Crippen molar-refractivity contribution >= 4 is 45.0 Å². The van der Waals surface area contributed by atoms with Crippen molar-refractivity contribution in [3.8, 4) is 0 Å². The zero-order chi connectivity index (χ0) is 26.9. The van der Waals surface area contributed by atoms with Gasteiger partial charge in [-0.1, -0.05) is 18.5 Å². The van der Waals surface area contributed by atoms with Gasteiger partial charge in [-0.15, -0.1) is 0 Å². The lowest BCUT2D eigenvalue weighted by molar-refractivity contribution is 0.270. The molecule has 2 aliphatic rings. The quantitative estimate of drug-likeness (QED) is 0.379. The number of aromatic amines is 1. The molecule has 0 spiro atoms. The number of aryl methyl sites for hydroxylation is 1. The second-order valence-electron chi connectivity index (χ2n) is 9.49. The number of hydrogen-bond donors (Lipinski definition) is 3. The van der Waals surface area contributed by atoms with Crippen LogP contribution in [0.15, 0.2) is 35.2 Å². The fourth-order valence-corrected chi connectivity index (χ4v) is 6.41. The molecule has 2 saturated heterocycles. The third-order valence-electron chi connectivity index (χ3n) is 6.81. The van der Waals surface area contributed by atoms with E-state index in [0.717, 1.165) is 50.3 Å². The van der Waals surface area contributed by atoms with E-state index in [2.05, 4.69) is 42.5 Å². The van der Waals surface area contributed by atoms with Crippen molar-refractivity contribution in [2.24, 2.45) is 0 Å². The minimum Gasteiger partial charge on any atom is -0.354 e. The fraction of sp³-hybridized carbons (Fsp3) is 0.458. The zero-order valence-electron chi connectivity index (χ0n) is 21.3. The summed E-state index contributed by atoms with van der Waals surface area (Å²) in [6, 6.07) is 7.12. The third kappa shape index (κ3) is 5.85. The van der Waals surface area contributed by atoms with E-state index in [9.17, 15) is 12.8 Å². The Morgan fingerprint density at radius 3 is 2.58 bits per heavy atom. The Morgan fingerprint density at radius 1 is 1.11 bits per heavy atom. The second-order valence-corrected chi connectivity index (χ2v) is 11.8. The van der Waals surface area contributed by atoms with Gasteiger partial charge in [0.15, 0.2) is 5.82 Å². The Hall–Kier alpha value is -3.00. The molecular weight excluding hydrogens is 533 g/mol. The Morgan fingerprint density at radius 2 is 1.89 bits per heavy atom. The maximum atomic E-state index is 14.4. The highest BCUT2D eigenvalue weighted by molar-refractivity contribution is 7.89. The van der Waals surface area contributed by atoms with E-state index >= 15 is 0 Å². The van der Waals surface area contributed by atoms with Crippen LogP contribution >= 0.6 is 11.6 Å². The maximum Gasteiger partial charge on any atom is 0.246 e. The van der Waals surface area contributed by atoms with Gasteiger partial charge in [-0.2, -0.15) is 19.4 Å². The summed E-state index contributed by atoms with van der Waals surface area (Å²) in [7, 11) is -4.01. The molecule has 11 nitrogen and oxygen atoms in total. The van der Waals surface area contributed by atoms with E-state index in [1.807, 2.05) is 19.1 Å². The molecule has 204 valence electrons. The molecule has 14 heteroatoms. The zero-order valence-corrected chi connectivity index (χ0v) is 22.9. The summed E-state index contributed by atoms with van der Waals surface area (Å²) in [6.07, 6.45) is 0.526. The lowest BCUT2D eigenvalue weighted by Crippen LogP contribution is -2.46. The van der Waals surface area contributed by atoms with E-state index < -0.39 is 15.8 Å². The minimum absolute atomic E-state index is 0.143. The molecule has 0 bridgehead atoms. The Balaban J connectivity index is 1.34. The van der Waals surface area contributed by atoms with E-state index in [4.69, 9.17) is 16.6 Å². The smallest absolute Gasteiger partial charge is 0.246 e. The lowest BCUT2D eigenvalue weighted by Gasteiger charge is -2.35. The van der Waals surface area contributed by atoms with Crippen LogP contribution in [-0.2, 0) is 10.0 Å². The van der Waals surface area contributed by atoms with Gasteiger partial charge >= 0.3 is 0 Å². The molecular formula is C24H31ClFN9O2S. The van der Waals surface area contributed by atoms with Crippen LogP contribution in [0.25, 0.3) is 0 Å². The SMILES string of the molecule is CCN1CCN(c2cc(Nc3cc(C)[nH]n3)nc(N[C@H]3CCN(S(=O)(=O)c4ccc(Cl)cc4F)C3)n2)CC1. The van der Waals surface area contributed by atoms with Gasteiger partial charge in [-0.25, -0.2) is 12.8 Å². The van der Waals surface area contributed by atoms with Gasteiger partial charge in [0.05, 0.1) is 0 Å². The highest BCUT2D eigenvalue weighted by Crippen LogP contribution is 2.27. The van der Waals surface area contributed by atoms with Crippen molar-refractivity contribution < 1.29 is 12.8 Å². The lowest BCUT2D eigenvalue weighted by atomic mass is 10.3. The van der Waals surface area contributed by atoms with Gasteiger partial charge in [0, 0.05) is 68.2 Å². The van der Waals surface area contributed by atoms with Crippen LogP contribution in [-0.4, -0.2) is 89.6 Å². The van der Waals surface area contributed by atoms with Crippen molar-refractivity contribution in [3.63, 3.8) is 0 Å². The largest absolute Gasteiger partial charge is 0.354 e. The van der Waals surface area contributed by atoms with Crippen LogP contribution < -0.4 is 15.5 Å². The topological polar surface area (TPSA) is 122 Å². The Labute approximate surface area is 226 Å². The Bertz CT molecular complexity index is 1400. The normalized spacial score (nSPS) is 19.2. The predicted octanol–water partition coefficient (Wildman–Crippen LogP) is 3.06. The highest BCUT2D eigenvalue weighted by Gasteiger charge is 2.34. The first-order chi connectivity index (χ1) is 18.2. The summed E-state index contributed by atoms with van der Waals surface area (Å²) in [5.74, 6) is 1.51. The highest BCUT2D eigenvalue weighted by atomic mass is 35.5. The van der Waals surface area contributed by atoms with Gasteiger partial charge in [0.1, 0.15) is 22.3 Å². The number of likely N-dealkylation sites (N-methyl/N-ethyl adjacent to an activating group) is 1. The summed E-state index contributed by atoms with van der Waals surface area (Å²) in [5.41, 5.74) is 0.917. The molecule has 2 aromatic heterocycles. The van der Waals surface area contributed by atoms with Crippen LogP contribution in [0.3, 0.4) is 0 Å². The number of sulfonamides is 1. The Kier molecular flexibility index (Phi) is 7.70. The minimum atomic E-state index is -4.01. The molecule has 2 aliphatic heterocycles. The van der Waals surface area contributed by atoms with Gasteiger partial charge in [0.25, 0.3) is 0 Å². The fourth-order valence-electron chi connectivity index (χ4n) is 4.70. The number of hydrogen-bond acceptors (Lipinski definition) is 9. The predicted molar refractivity (Wildman–Crippen MR) is 145 cm³/mol. The average Bonchev–Trinajstić information content (AvgIpc) is 3.53. The number of halogens is 2. The first-order valence-electron chi connectivity index (χ1n) is 12.6. The number of piperazine rings is 1. The molecule has 0 aliphatic carbocycles. The molecule has 5 rings (SSSR count). The average molecular weight is 564 g/mol. The van der Waals surface area contributed by atoms with Crippen molar-refractivity contribution in [2.75, 3.05) is 61.3 Å². The van der Waals surface area contributed by atoms with Crippen LogP contribution in [0.2, 0.25) is 5.02 Å². The van der Waals surface area contributed by atoms with Crippen LogP contribution in [0, 0.1) is 12.7 Å². The summed E-state index contributed by atoms with van der Waals surface area (Å²) < 4.78 is 41.8. The summed E-state index contributed by atoms with van der Waals surface area (Å²) in [4.78, 5) is 13.6. The van der Waals surface area contributed by atoms with Crippen LogP contribution in [0.4, 0.5) is 27.8 Å². The van der Waals surface area contributed by atoms with E-state index in [1.165, 1.54) is 16.4 Å². The van der Waals surface area contributed by atoms with E-state index in [0.29, 0.717) is 24.0 Å². The first kappa shape index (κ1) is 26.6. The molecule has 1 aromatic carbocycles. The first-order valence-corrected chi connectivity index (χ1v) is 14.4. The molecule has 1 atom stereocenters. The number of rotatable bonds is 8. The van der Waals surface area contributed by atoms with Gasteiger partial charge < -0.3 is 20.4 Å². The number of H-pyrrole nitrogens is 1. The number of nitrogens with one attached hydrogen (secondary N) is 3. The van der Waals surface area contributed by atoms with Gasteiger partial charge in [0.2, 0.25) is 16.0 Å². The van der Waals surface area contributed by atoms with Crippen molar-refractivity contribution in [1.82, 2.24) is 29.4 Å². The summed E-state index contributed by atoms with van der Waals surface area (Å²) >= 11 is 5.80. The number of anilines is 4. The van der Waals surface area contributed by atoms with Crippen molar-refractivity contribution in [2.45, 2.75) is 31.2 Å². The molecule has 3 N–H and O–H groups in total. The molecule has 3 aromatic rings. The van der Waals surface area contributed by atoms with Gasteiger partial charge in [-0.05, 0) is 38.1 Å². The van der Waals surface area contributed by atoms with E-state index in [1.54, 1.807) is 0 Å². The molecule has 0 amide bonds. The molecule has 2 fully saturated rings.